The first-order valence-electron chi connectivity index (χ1n) is 11.3. The van der Waals surface area contributed by atoms with Crippen LogP contribution >= 0.6 is 0 Å². The number of carbonyl (C=O) groups excluding carboxylic acids is 2. The summed E-state index contributed by atoms with van der Waals surface area (Å²) in [5, 5.41) is 0. The van der Waals surface area contributed by atoms with Gasteiger partial charge in [0.05, 0.1) is 16.6 Å². The molecule has 35 heavy (non-hydrogen) atoms. The van der Waals surface area contributed by atoms with E-state index in [0.29, 0.717) is 46.9 Å². The van der Waals surface area contributed by atoms with Gasteiger partial charge in [-0.25, -0.2) is 9.97 Å². The van der Waals surface area contributed by atoms with E-state index in [1.54, 1.807) is 47.2 Å². The maximum Gasteiger partial charge on any atom is 0.280 e. The van der Waals surface area contributed by atoms with Gasteiger partial charge in [-0.05, 0) is 48.4 Å². The van der Waals surface area contributed by atoms with Gasteiger partial charge in [0.15, 0.2) is 17.0 Å². The lowest BCUT2D eigenvalue weighted by molar-refractivity contribution is 0.0655. The van der Waals surface area contributed by atoms with Crippen molar-refractivity contribution in [2.75, 3.05) is 13.3 Å². The van der Waals surface area contributed by atoms with Crippen LogP contribution in [0.15, 0.2) is 65.6 Å². The lowest BCUT2D eigenvalue weighted by Gasteiger charge is -2.17. The summed E-state index contributed by atoms with van der Waals surface area (Å²) in [6, 6.07) is 15.9. The summed E-state index contributed by atoms with van der Waals surface area (Å²) >= 11 is 0. The van der Waals surface area contributed by atoms with Crippen molar-refractivity contribution in [3.63, 3.8) is 0 Å². The van der Waals surface area contributed by atoms with Crippen molar-refractivity contribution in [2.24, 2.45) is 0 Å². The van der Waals surface area contributed by atoms with Crippen molar-refractivity contribution in [2.45, 2.75) is 19.4 Å². The minimum absolute atomic E-state index is 0.120. The van der Waals surface area contributed by atoms with Gasteiger partial charge in [0, 0.05) is 25.7 Å². The third-order valence-electron chi connectivity index (χ3n) is 6.29. The van der Waals surface area contributed by atoms with Crippen LogP contribution in [0.3, 0.4) is 0 Å². The smallest absolute Gasteiger partial charge is 0.280 e. The van der Waals surface area contributed by atoms with Gasteiger partial charge in [-0.2, -0.15) is 0 Å². The highest BCUT2D eigenvalue weighted by atomic mass is 16.7. The average Bonchev–Trinajstić information content (AvgIpc) is 3.45. The van der Waals surface area contributed by atoms with Gasteiger partial charge in [0.2, 0.25) is 6.79 Å². The van der Waals surface area contributed by atoms with Crippen molar-refractivity contribution in [3.05, 3.63) is 93.7 Å². The van der Waals surface area contributed by atoms with Crippen molar-refractivity contribution in [3.8, 4) is 11.5 Å². The second-order valence-corrected chi connectivity index (χ2v) is 8.35. The molecule has 0 atom stereocenters. The fourth-order valence-electron chi connectivity index (χ4n) is 4.51. The van der Waals surface area contributed by atoms with Gasteiger partial charge in [0.1, 0.15) is 5.82 Å². The molecule has 0 N–H and O–H groups in total. The van der Waals surface area contributed by atoms with E-state index in [1.807, 2.05) is 18.2 Å². The number of imide groups is 1. The molecule has 0 saturated heterocycles. The molecule has 2 aliphatic rings. The molecule has 0 fully saturated rings. The number of aryl methyl sites for hydroxylation is 1. The fraction of sp³-hybridized carbons (Fsp3) is 0.192. The van der Waals surface area contributed by atoms with E-state index in [0.717, 1.165) is 5.56 Å². The van der Waals surface area contributed by atoms with Crippen molar-refractivity contribution >= 4 is 22.8 Å². The van der Waals surface area contributed by atoms with Gasteiger partial charge in [0.25, 0.3) is 17.4 Å². The lowest BCUT2D eigenvalue weighted by atomic mass is 10.1. The Bertz CT molecular complexity index is 1530. The summed E-state index contributed by atoms with van der Waals surface area (Å²) in [6.45, 7) is 0.671. The Morgan fingerprint density at radius 3 is 2.40 bits per heavy atom. The second-order valence-electron chi connectivity index (χ2n) is 8.35. The number of benzene rings is 2. The molecule has 0 aliphatic carbocycles. The molecule has 2 aliphatic heterocycles. The Balaban J connectivity index is 1.29. The molecule has 6 rings (SSSR count). The highest BCUT2D eigenvalue weighted by Crippen LogP contribution is 2.32. The molecule has 9 nitrogen and oxygen atoms in total. The first-order chi connectivity index (χ1) is 17.1. The van der Waals surface area contributed by atoms with Crippen LogP contribution in [0, 0.1) is 0 Å². The van der Waals surface area contributed by atoms with E-state index >= 15 is 0 Å². The van der Waals surface area contributed by atoms with Crippen molar-refractivity contribution in [1.82, 2.24) is 19.4 Å². The number of rotatable bonds is 6. The van der Waals surface area contributed by atoms with Gasteiger partial charge >= 0.3 is 0 Å². The Morgan fingerprint density at radius 1 is 0.829 bits per heavy atom. The molecule has 9 heteroatoms. The van der Waals surface area contributed by atoms with Crippen LogP contribution in [-0.4, -0.2) is 44.6 Å². The van der Waals surface area contributed by atoms with E-state index in [-0.39, 0.29) is 42.6 Å². The number of amides is 2. The zero-order valence-corrected chi connectivity index (χ0v) is 18.6. The highest BCUT2D eigenvalue weighted by Gasteiger charge is 2.35. The number of pyridine rings is 1. The number of ether oxygens (including phenoxy) is 2. The summed E-state index contributed by atoms with van der Waals surface area (Å²) < 4.78 is 12.4. The van der Waals surface area contributed by atoms with Crippen LogP contribution in [0.4, 0.5) is 0 Å². The number of carbonyl (C=O) groups is 2. The SMILES string of the molecule is O=C1c2ccccc2C(=O)N1CCc1nc2cccnc2c(=O)n1CCc1ccc2c(c1)OCO2. The molecule has 2 aromatic heterocycles. The normalized spacial score (nSPS) is 14.1. The minimum atomic E-state index is -0.331. The third-order valence-corrected chi connectivity index (χ3v) is 6.29. The first kappa shape index (κ1) is 21.0. The maximum absolute atomic E-state index is 13.3. The maximum atomic E-state index is 13.3. The van der Waals surface area contributed by atoms with Crippen molar-refractivity contribution < 1.29 is 19.1 Å². The number of nitrogens with zero attached hydrogens (tertiary/aromatic N) is 4. The van der Waals surface area contributed by atoms with Crippen LogP contribution in [0.1, 0.15) is 32.1 Å². The first-order valence-corrected chi connectivity index (χ1v) is 11.3. The van der Waals surface area contributed by atoms with E-state index in [2.05, 4.69) is 9.97 Å². The van der Waals surface area contributed by atoms with Crippen LogP contribution in [-0.2, 0) is 19.4 Å². The number of hydrogen-bond acceptors (Lipinski definition) is 7. The molecule has 2 aromatic carbocycles. The molecular formula is C26H20N4O5. The van der Waals surface area contributed by atoms with Crippen molar-refractivity contribution in [1.29, 1.82) is 0 Å². The largest absolute Gasteiger partial charge is 0.454 e. The van der Waals surface area contributed by atoms with Crippen LogP contribution in [0.5, 0.6) is 11.5 Å². The Morgan fingerprint density at radius 2 is 1.60 bits per heavy atom. The summed E-state index contributed by atoms with van der Waals surface area (Å²) in [5.41, 5.74) is 2.28. The second kappa shape index (κ2) is 8.35. The van der Waals surface area contributed by atoms with Crippen LogP contribution < -0.4 is 15.0 Å². The Kier molecular flexibility index (Phi) is 5.02. The predicted octanol–water partition coefficient (Wildman–Crippen LogP) is 2.60. The molecule has 0 saturated carbocycles. The summed E-state index contributed by atoms with van der Waals surface area (Å²) in [7, 11) is 0. The topological polar surface area (TPSA) is 104 Å². The van der Waals surface area contributed by atoms with Gasteiger partial charge < -0.3 is 9.47 Å². The molecule has 0 spiro atoms. The summed E-state index contributed by atoms with van der Waals surface area (Å²) in [5.74, 6) is 1.21. The highest BCUT2D eigenvalue weighted by molar-refractivity contribution is 6.21. The average molecular weight is 468 g/mol. The van der Waals surface area contributed by atoms with Gasteiger partial charge in [-0.1, -0.05) is 18.2 Å². The fourth-order valence-corrected chi connectivity index (χ4v) is 4.51. The summed E-state index contributed by atoms with van der Waals surface area (Å²) in [6.07, 6.45) is 2.36. The van der Waals surface area contributed by atoms with Gasteiger partial charge in [-0.15, -0.1) is 0 Å². The standard InChI is InChI=1S/C26H20N4O5/c31-24-17-4-1-2-5-18(17)25(32)30(24)13-10-22-28-19-6-3-11-27-23(19)26(33)29(22)12-9-16-7-8-20-21(14-16)35-15-34-20/h1-8,11,14H,9-10,12-13,15H2. The predicted molar refractivity (Wildman–Crippen MR) is 126 cm³/mol. The molecule has 0 bridgehead atoms. The molecule has 0 radical (unpaired) electrons. The number of aromatic nitrogens is 3. The molecule has 2 amide bonds. The monoisotopic (exact) mass is 468 g/mol. The molecular weight excluding hydrogens is 448 g/mol. The van der Waals surface area contributed by atoms with Crippen LogP contribution in [0.2, 0.25) is 0 Å². The molecule has 4 aromatic rings. The minimum Gasteiger partial charge on any atom is -0.454 e. The number of fused-ring (bicyclic) bond motifs is 3. The Hall–Kier alpha value is -4.53. The Labute approximate surface area is 199 Å². The molecule has 174 valence electrons. The zero-order valence-electron chi connectivity index (χ0n) is 18.6. The lowest BCUT2D eigenvalue weighted by Crippen LogP contribution is -2.34. The van der Waals surface area contributed by atoms with E-state index < -0.39 is 0 Å². The van der Waals surface area contributed by atoms with Gasteiger partial charge in [-0.3, -0.25) is 23.9 Å². The quantitative estimate of drug-likeness (QED) is 0.401. The molecule has 0 unspecified atom stereocenters. The zero-order chi connectivity index (χ0) is 23.9. The van der Waals surface area contributed by atoms with E-state index in [4.69, 9.17) is 9.47 Å². The number of hydrogen-bond donors (Lipinski definition) is 0. The van der Waals surface area contributed by atoms with Crippen LogP contribution in [0.25, 0.3) is 11.0 Å². The third kappa shape index (κ3) is 3.61. The van der Waals surface area contributed by atoms with E-state index in [1.165, 1.54) is 4.90 Å². The van der Waals surface area contributed by atoms with E-state index in [9.17, 15) is 14.4 Å². The molecule has 4 heterocycles. The summed E-state index contributed by atoms with van der Waals surface area (Å²) in [4.78, 5) is 49.0.